The van der Waals surface area contributed by atoms with Gasteiger partial charge in [0.05, 0.1) is 19.3 Å². The molecule has 0 aliphatic carbocycles. The minimum absolute atomic E-state index is 0.412. The first kappa shape index (κ1) is 13.4. The summed E-state index contributed by atoms with van der Waals surface area (Å²) in [5, 5.41) is 3.25. The minimum Gasteiger partial charge on any atom is -0.493 e. The lowest BCUT2D eigenvalue weighted by molar-refractivity contribution is 0.280. The number of amidine groups is 1. The summed E-state index contributed by atoms with van der Waals surface area (Å²) in [7, 11) is 1.64. The molecule has 3 rings (SSSR count). The Morgan fingerprint density at radius 2 is 2.14 bits per heavy atom. The molecule has 1 aliphatic rings. The fourth-order valence-electron chi connectivity index (χ4n) is 2.16. The third-order valence-corrected chi connectivity index (χ3v) is 3.21. The molecule has 2 heterocycles. The van der Waals surface area contributed by atoms with Crippen LogP contribution in [0.2, 0.25) is 0 Å². The minimum atomic E-state index is 0.412. The molecule has 21 heavy (non-hydrogen) atoms. The summed E-state index contributed by atoms with van der Waals surface area (Å²) < 4.78 is 11.2. The first-order valence-corrected chi connectivity index (χ1v) is 6.86. The highest BCUT2D eigenvalue weighted by atomic mass is 16.5. The third kappa shape index (κ3) is 3.13. The number of nitrogens with zero attached hydrogens (tertiary/aromatic N) is 2. The highest BCUT2D eigenvalue weighted by molar-refractivity contribution is 6.00. The van der Waals surface area contributed by atoms with Crippen molar-refractivity contribution in [3.63, 3.8) is 0 Å². The molecule has 0 amide bonds. The van der Waals surface area contributed by atoms with Crippen LogP contribution >= 0.6 is 0 Å². The summed E-state index contributed by atoms with van der Waals surface area (Å²) in [4.78, 5) is 8.64. The molecule has 0 fully saturated rings. The molecule has 5 nitrogen and oxygen atoms in total. The van der Waals surface area contributed by atoms with Gasteiger partial charge in [0.15, 0.2) is 11.5 Å². The van der Waals surface area contributed by atoms with Crippen molar-refractivity contribution in [3.05, 3.63) is 53.9 Å². The zero-order chi connectivity index (χ0) is 14.5. The van der Waals surface area contributed by atoms with E-state index in [1.165, 1.54) is 0 Å². The van der Waals surface area contributed by atoms with Gasteiger partial charge in [-0.3, -0.25) is 9.98 Å². The molecule has 0 radical (unpaired) electrons. The Bertz CT molecular complexity index is 641. The van der Waals surface area contributed by atoms with Gasteiger partial charge in [-0.25, -0.2) is 0 Å². The molecular weight excluding hydrogens is 266 g/mol. The number of benzene rings is 1. The van der Waals surface area contributed by atoms with Crippen molar-refractivity contribution < 1.29 is 9.47 Å². The molecule has 2 aromatic rings. The van der Waals surface area contributed by atoms with Gasteiger partial charge >= 0.3 is 0 Å². The summed E-state index contributed by atoms with van der Waals surface area (Å²) in [5.41, 5.74) is 1.89. The molecule has 1 aromatic heterocycles. The van der Waals surface area contributed by atoms with Crippen molar-refractivity contribution in [1.82, 2.24) is 10.3 Å². The van der Waals surface area contributed by atoms with Crippen LogP contribution in [0.3, 0.4) is 0 Å². The summed E-state index contributed by atoms with van der Waals surface area (Å²) in [5.74, 6) is 2.30. The Morgan fingerprint density at radius 1 is 1.19 bits per heavy atom. The number of rotatable bonds is 5. The lowest BCUT2D eigenvalue weighted by atomic mass is 10.2. The first-order valence-electron chi connectivity index (χ1n) is 6.86. The van der Waals surface area contributed by atoms with Crippen LogP contribution in [0.15, 0.2) is 47.6 Å². The van der Waals surface area contributed by atoms with Crippen molar-refractivity contribution >= 4 is 5.84 Å². The van der Waals surface area contributed by atoms with Gasteiger partial charge in [-0.2, -0.15) is 0 Å². The molecule has 0 bridgehead atoms. The van der Waals surface area contributed by atoms with Crippen molar-refractivity contribution in [2.75, 3.05) is 20.2 Å². The topological polar surface area (TPSA) is 55.7 Å². The summed E-state index contributed by atoms with van der Waals surface area (Å²) in [6, 6.07) is 11.6. The van der Waals surface area contributed by atoms with Gasteiger partial charge in [-0.1, -0.05) is 6.07 Å². The predicted molar refractivity (Wildman–Crippen MR) is 81.0 cm³/mol. The SMILES string of the molecule is COc1cc(C2=NCCN2)ccc1OCc1ccccn1. The second-order valence-electron chi connectivity index (χ2n) is 4.63. The number of nitrogens with one attached hydrogen (secondary N) is 1. The molecule has 108 valence electrons. The van der Waals surface area contributed by atoms with E-state index in [9.17, 15) is 0 Å². The number of aliphatic imine (C=N–C) groups is 1. The number of hydrogen-bond acceptors (Lipinski definition) is 5. The molecular formula is C16H17N3O2. The van der Waals surface area contributed by atoms with Crippen molar-refractivity contribution in [2.45, 2.75) is 6.61 Å². The Balaban J connectivity index is 1.76. The van der Waals surface area contributed by atoms with E-state index >= 15 is 0 Å². The number of aromatic nitrogens is 1. The normalized spacial score (nSPS) is 13.5. The molecule has 0 saturated carbocycles. The van der Waals surface area contributed by atoms with Crippen LogP contribution in [-0.2, 0) is 6.61 Å². The average Bonchev–Trinajstić information content (AvgIpc) is 3.08. The van der Waals surface area contributed by atoms with E-state index in [1.54, 1.807) is 13.3 Å². The smallest absolute Gasteiger partial charge is 0.161 e. The molecule has 1 aromatic carbocycles. The second kappa shape index (κ2) is 6.26. The Kier molecular flexibility index (Phi) is 4.00. The van der Waals surface area contributed by atoms with Crippen LogP contribution in [0, 0.1) is 0 Å². The van der Waals surface area contributed by atoms with Gasteiger partial charge in [0.25, 0.3) is 0 Å². The van der Waals surface area contributed by atoms with Crippen LogP contribution < -0.4 is 14.8 Å². The van der Waals surface area contributed by atoms with E-state index in [-0.39, 0.29) is 0 Å². The van der Waals surface area contributed by atoms with Gasteiger partial charge in [-0.15, -0.1) is 0 Å². The fourth-order valence-corrected chi connectivity index (χ4v) is 2.16. The number of ether oxygens (including phenoxy) is 2. The van der Waals surface area contributed by atoms with Crippen molar-refractivity contribution in [3.8, 4) is 11.5 Å². The maximum absolute atomic E-state index is 5.78. The van der Waals surface area contributed by atoms with E-state index in [0.29, 0.717) is 18.1 Å². The average molecular weight is 283 g/mol. The number of hydrogen-bond donors (Lipinski definition) is 1. The Morgan fingerprint density at radius 3 is 2.86 bits per heavy atom. The zero-order valence-corrected chi connectivity index (χ0v) is 11.9. The van der Waals surface area contributed by atoms with E-state index in [2.05, 4.69) is 15.3 Å². The van der Waals surface area contributed by atoms with Crippen LogP contribution in [0.4, 0.5) is 0 Å². The highest BCUT2D eigenvalue weighted by Crippen LogP contribution is 2.29. The van der Waals surface area contributed by atoms with Gasteiger partial charge in [0.1, 0.15) is 12.4 Å². The van der Waals surface area contributed by atoms with E-state index in [0.717, 1.165) is 30.2 Å². The van der Waals surface area contributed by atoms with Crippen molar-refractivity contribution in [1.29, 1.82) is 0 Å². The van der Waals surface area contributed by atoms with E-state index in [1.807, 2.05) is 36.4 Å². The maximum atomic E-state index is 5.78. The standard InChI is InChI=1S/C16H17N3O2/c1-20-15-10-12(16-18-8-9-19-16)5-6-14(15)21-11-13-4-2-3-7-17-13/h2-7,10H,8-9,11H2,1H3,(H,18,19). The lowest BCUT2D eigenvalue weighted by Crippen LogP contribution is -2.19. The van der Waals surface area contributed by atoms with E-state index < -0.39 is 0 Å². The van der Waals surface area contributed by atoms with Gasteiger partial charge in [0, 0.05) is 18.3 Å². The van der Waals surface area contributed by atoms with E-state index in [4.69, 9.17) is 9.47 Å². The fraction of sp³-hybridized carbons (Fsp3) is 0.250. The molecule has 0 spiro atoms. The molecule has 0 atom stereocenters. The van der Waals surface area contributed by atoms with Gasteiger partial charge in [-0.05, 0) is 30.3 Å². The second-order valence-corrected chi connectivity index (χ2v) is 4.63. The predicted octanol–water partition coefficient (Wildman–Crippen LogP) is 2.02. The monoisotopic (exact) mass is 283 g/mol. The highest BCUT2D eigenvalue weighted by Gasteiger charge is 2.12. The van der Waals surface area contributed by atoms with Crippen LogP contribution in [-0.4, -0.2) is 31.0 Å². The molecule has 5 heteroatoms. The maximum Gasteiger partial charge on any atom is 0.161 e. The quantitative estimate of drug-likeness (QED) is 0.912. The third-order valence-electron chi connectivity index (χ3n) is 3.21. The van der Waals surface area contributed by atoms with Gasteiger partial charge < -0.3 is 14.8 Å². The molecule has 0 unspecified atom stereocenters. The van der Waals surface area contributed by atoms with Gasteiger partial charge in [0.2, 0.25) is 0 Å². The Labute approximate surface area is 123 Å². The van der Waals surface area contributed by atoms with Crippen LogP contribution in [0.1, 0.15) is 11.3 Å². The molecule has 0 saturated heterocycles. The first-order chi connectivity index (χ1) is 10.4. The zero-order valence-electron chi connectivity index (χ0n) is 11.9. The van der Waals surface area contributed by atoms with Crippen LogP contribution in [0.5, 0.6) is 11.5 Å². The number of pyridine rings is 1. The summed E-state index contributed by atoms with van der Waals surface area (Å²) in [6.45, 7) is 2.11. The van der Waals surface area contributed by atoms with Crippen molar-refractivity contribution in [2.24, 2.45) is 4.99 Å². The molecule has 1 aliphatic heterocycles. The number of methoxy groups -OCH3 is 1. The summed E-state index contributed by atoms with van der Waals surface area (Å²) >= 11 is 0. The largest absolute Gasteiger partial charge is 0.493 e. The Hall–Kier alpha value is -2.56. The summed E-state index contributed by atoms with van der Waals surface area (Å²) in [6.07, 6.45) is 1.75. The molecule has 1 N–H and O–H groups in total. The van der Waals surface area contributed by atoms with Crippen LogP contribution in [0.25, 0.3) is 0 Å². The lowest BCUT2D eigenvalue weighted by Gasteiger charge is -2.12.